The number of nitrogens with two attached hydrogens (primary N) is 1. The SMILES string of the molecule is CC(N)C(N1CCCC1c1cccnc1)C(F)(F)F. The van der Waals surface area contributed by atoms with Gasteiger partial charge in [-0.15, -0.1) is 0 Å². The van der Waals surface area contributed by atoms with Gasteiger partial charge in [0.05, 0.1) is 0 Å². The first-order chi connectivity index (χ1) is 8.91. The summed E-state index contributed by atoms with van der Waals surface area (Å²) in [5.41, 5.74) is 6.39. The van der Waals surface area contributed by atoms with E-state index in [0.29, 0.717) is 13.0 Å². The second-order valence-electron chi connectivity index (χ2n) is 5.03. The molecule has 0 aromatic carbocycles. The van der Waals surface area contributed by atoms with Gasteiger partial charge in [-0.25, -0.2) is 0 Å². The summed E-state index contributed by atoms with van der Waals surface area (Å²) >= 11 is 0. The van der Waals surface area contributed by atoms with Crippen molar-refractivity contribution >= 4 is 0 Å². The normalized spacial score (nSPS) is 24.4. The van der Waals surface area contributed by atoms with Gasteiger partial charge in [-0.3, -0.25) is 9.88 Å². The average Bonchev–Trinajstić information content (AvgIpc) is 2.76. The van der Waals surface area contributed by atoms with E-state index >= 15 is 0 Å². The van der Waals surface area contributed by atoms with E-state index in [1.165, 1.54) is 11.8 Å². The van der Waals surface area contributed by atoms with Crippen LogP contribution in [-0.4, -0.2) is 34.7 Å². The van der Waals surface area contributed by atoms with E-state index in [4.69, 9.17) is 5.73 Å². The van der Waals surface area contributed by atoms with Gasteiger partial charge in [0.15, 0.2) is 0 Å². The van der Waals surface area contributed by atoms with Gasteiger partial charge in [0.25, 0.3) is 0 Å². The summed E-state index contributed by atoms with van der Waals surface area (Å²) in [6.45, 7) is 1.84. The first-order valence-corrected chi connectivity index (χ1v) is 6.39. The van der Waals surface area contributed by atoms with Crippen molar-refractivity contribution in [3.05, 3.63) is 30.1 Å². The topological polar surface area (TPSA) is 42.1 Å². The summed E-state index contributed by atoms with van der Waals surface area (Å²) in [6, 6.07) is 0.786. The number of pyridine rings is 1. The molecule has 0 spiro atoms. The molecule has 0 aliphatic carbocycles. The van der Waals surface area contributed by atoms with Crippen molar-refractivity contribution in [2.24, 2.45) is 5.73 Å². The Balaban J connectivity index is 2.27. The highest BCUT2D eigenvalue weighted by atomic mass is 19.4. The summed E-state index contributed by atoms with van der Waals surface area (Å²) in [4.78, 5) is 5.46. The molecule has 1 aliphatic heterocycles. The Morgan fingerprint density at radius 1 is 1.47 bits per heavy atom. The van der Waals surface area contributed by atoms with Gasteiger partial charge in [-0.2, -0.15) is 13.2 Å². The van der Waals surface area contributed by atoms with Crippen LogP contribution in [0.3, 0.4) is 0 Å². The van der Waals surface area contributed by atoms with Crippen LogP contribution in [0.1, 0.15) is 31.4 Å². The second kappa shape index (κ2) is 5.46. The summed E-state index contributed by atoms with van der Waals surface area (Å²) in [5.74, 6) is 0. The lowest BCUT2D eigenvalue weighted by Crippen LogP contribution is -2.54. The quantitative estimate of drug-likeness (QED) is 0.920. The van der Waals surface area contributed by atoms with Gasteiger partial charge in [-0.05, 0) is 37.9 Å². The van der Waals surface area contributed by atoms with Crippen LogP contribution >= 0.6 is 0 Å². The first-order valence-electron chi connectivity index (χ1n) is 6.39. The molecule has 1 aliphatic rings. The zero-order chi connectivity index (χ0) is 14.0. The van der Waals surface area contributed by atoms with Crippen molar-refractivity contribution in [3.63, 3.8) is 0 Å². The number of hydrogen-bond donors (Lipinski definition) is 1. The molecule has 19 heavy (non-hydrogen) atoms. The number of likely N-dealkylation sites (tertiary alicyclic amines) is 1. The van der Waals surface area contributed by atoms with E-state index in [1.54, 1.807) is 18.5 Å². The summed E-state index contributed by atoms with van der Waals surface area (Å²) in [5, 5.41) is 0. The Bertz CT molecular complexity index is 405. The number of rotatable bonds is 3. The number of halogens is 3. The summed E-state index contributed by atoms with van der Waals surface area (Å²) < 4.78 is 39.5. The van der Waals surface area contributed by atoms with Crippen molar-refractivity contribution in [2.45, 2.75) is 44.1 Å². The molecule has 0 amide bonds. The molecule has 0 saturated carbocycles. The van der Waals surface area contributed by atoms with E-state index < -0.39 is 18.3 Å². The maximum Gasteiger partial charge on any atom is 0.405 e. The highest BCUT2D eigenvalue weighted by Crippen LogP contribution is 2.38. The van der Waals surface area contributed by atoms with E-state index in [9.17, 15) is 13.2 Å². The van der Waals surface area contributed by atoms with Gasteiger partial charge < -0.3 is 5.73 Å². The second-order valence-corrected chi connectivity index (χ2v) is 5.03. The maximum atomic E-state index is 13.2. The number of nitrogens with zero attached hydrogens (tertiary/aromatic N) is 2. The van der Waals surface area contributed by atoms with Crippen molar-refractivity contribution in [3.8, 4) is 0 Å². The third kappa shape index (κ3) is 3.06. The van der Waals surface area contributed by atoms with Crippen molar-refractivity contribution in [1.29, 1.82) is 0 Å². The van der Waals surface area contributed by atoms with E-state index in [1.807, 2.05) is 6.07 Å². The summed E-state index contributed by atoms with van der Waals surface area (Å²) in [6.07, 6.45) is 0.413. The number of hydrogen-bond acceptors (Lipinski definition) is 3. The Morgan fingerprint density at radius 2 is 2.21 bits per heavy atom. The molecule has 1 aromatic rings. The molecule has 2 rings (SSSR count). The largest absolute Gasteiger partial charge is 0.405 e. The standard InChI is InChI=1S/C13H18F3N3/c1-9(17)12(13(14,15)16)19-7-3-5-11(19)10-4-2-6-18-8-10/h2,4,6,8-9,11-12H,3,5,7,17H2,1H3. The molecule has 2 N–H and O–H groups in total. The Hall–Kier alpha value is -1.14. The molecule has 3 unspecified atom stereocenters. The molecule has 1 aromatic heterocycles. The van der Waals surface area contributed by atoms with Crippen molar-refractivity contribution in [1.82, 2.24) is 9.88 Å². The van der Waals surface area contributed by atoms with Crippen molar-refractivity contribution < 1.29 is 13.2 Å². The Kier molecular flexibility index (Phi) is 4.10. The lowest BCUT2D eigenvalue weighted by Gasteiger charge is -2.36. The molecule has 0 radical (unpaired) electrons. The smallest absolute Gasteiger partial charge is 0.326 e. The minimum atomic E-state index is -4.31. The third-order valence-corrected chi connectivity index (χ3v) is 3.55. The molecule has 6 heteroatoms. The fourth-order valence-corrected chi connectivity index (χ4v) is 2.84. The van der Waals surface area contributed by atoms with Gasteiger partial charge >= 0.3 is 6.18 Å². The van der Waals surface area contributed by atoms with Gasteiger partial charge in [-0.1, -0.05) is 6.07 Å². The molecule has 3 nitrogen and oxygen atoms in total. The van der Waals surface area contributed by atoms with Gasteiger partial charge in [0, 0.05) is 24.5 Å². The fourth-order valence-electron chi connectivity index (χ4n) is 2.84. The lowest BCUT2D eigenvalue weighted by molar-refractivity contribution is -0.190. The zero-order valence-corrected chi connectivity index (χ0v) is 10.8. The van der Waals surface area contributed by atoms with Crippen LogP contribution in [0.25, 0.3) is 0 Å². The fraction of sp³-hybridized carbons (Fsp3) is 0.615. The van der Waals surface area contributed by atoms with Crippen LogP contribution < -0.4 is 5.73 Å². The maximum absolute atomic E-state index is 13.2. The monoisotopic (exact) mass is 273 g/mol. The van der Waals surface area contributed by atoms with Crippen LogP contribution in [0, 0.1) is 0 Å². The predicted octanol–water partition coefficient (Wildman–Crippen LogP) is 2.50. The molecular formula is C13H18F3N3. The Morgan fingerprint density at radius 3 is 2.74 bits per heavy atom. The summed E-state index contributed by atoms with van der Waals surface area (Å²) in [7, 11) is 0. The first kappa shape index (κ1) is 14.3. The lowest BCUT2D eigenvalue weighted by atomic mass is 10.0. The number of aromatic nitrogens is 1. The zero-order valence-electron chi connectivity index (χ0n) is 10.8. The van der Waals surface area contributed by atoms with E-state index in [2.05, 4.69) is 4.98 Å². The molecule has 0 bridgehead atoms. The van der Waals surface area contributed by atoms with Crippen LogP contribution in [0.2, 0.25) is 0 Å². The van der Waals surface area contributed by atoms with Gasteiger partial charge in [0.1, 0.15) is 6.04 Å². The molecule has 1 saturated heterocycles. The van der Waals surface area contributed by atoms with Crippen molar-refractivity contribution in [2.75, 3.05) is 6.54 Å². The van der Waals surface area contributed by atoms with Crippen LogP contribution in [0.4, 0.5) is 13.2 Å². The minimum Gasteiger partial charge on any atom is -0.326 e. The number of alkyl halides is 3. The van der Waals surface area contributed by atoms with E-state index in [0.717, 1.165) is 12.0 Å². The molecule has 2 heterocycles. The van der Waals surface area contributed by atoms with Crippen LogP contribution in [0.5, 0.6) is 0 Å². The van der Waals surface area contributed by atoms with Crippen LogP contribution in [-0.2, 0) is 0 Å². The van der Waals surface area contributed by atoms with Gasteiger partial charge in [0.2, 0.25) is 0 Å². The predicted molar refractivity (Wildman–Crippen MR) is 66.4 cm³/mol. The Labute approximate surface area is 110 Å². The molecule has 3 atom stereocenters. The third-order valence-electron chi connectivity index (χ3n) is 3.55. The average molecular weight is 273 g/mol. The molecule has 1 fully saturated rings. The highest BCUT2D eigenvalue weighted by molar-refractivity contribution is 5.16. The van der Waals surface area contributed by atoms with Crippen LogP contribution in [0.15, 0.2) is 24.5 Å². The molecule has 106 valence electrons. The highest BCUT2D eigenvalue weighted by Gasteiger charge is 2.49. The minimum absolute atomic E-state index is 0.244. The molecular weight excluding hydrogens is 255 g/mol. The van der Waals surface area contributed by atoms with E-state index in [-0.39, 0.29) is 6.04 Å².